The average Bonchev–Trinajstić information content (AvgIpc) is 3.06. The smallest absolute Gasteiger partial charge is 0.241 e. The van der Waals surface area contributed by atoms with E-state index in [4.69, 9.17) is 5.53 Å². The van der Waals surface area contributed by atoms with Gasteiger partial charge in [-0.05, 0) is 41.8 Å². The highest BCUT2D eigenvalue weighted by molar-refractivity contribution is 7.90. The first-order valence-electron chi connectivity index (χ1n) is 7.62. The standard InChI is InChI=1S/C18H16N4O2S/c1-14-7-9-17(10-8-14)25(23,24)22-13-15(12-20-21-19)11-18(22)16-5-3-2-4-6-16/h2-11,13H,12H2,1H3. The molecule has 0 unspecified atom stereocenters. The quantitative estimate of drug-likeness (QED) is 0.384. The topological polar surface area (TPSA) is 87.8 Å². The van der Waals surface area contributed by atoms with Crippen LogP contribution in [0.5, 0.6) is 0 Å². The lowest BCUT2D eigenvalue weighted by Gasteiger charge is -2.11. The molecule has 0 N–H and O–H groups in total. The molecule has 1 aromatic heterocycles. The molecule has 0 saturated heterocycles. The summed E-state index contributed by atoms with van der Waals surface area (Å²) >= 11 is 0. The van der Waals surface area contributed by atoms with Gasteiger partial charge in [0, 0.05) is 11.1 Å². The summed E-state index contributed by atoms with van der Waals surface area (Å²) in [5.74, 6) is 0. The Hall–Kier alpha value is -3.02. The number of rotatable bonds is 5. The third-order valence-electron chi connectivity index (χ3n) is 3.81. The molecule has 3 aromatic rings. The van der Waals surface area contributed by atoms with E-state index in [2.05, 4.69) is 10.0 Å². The summed E-state index contributed by atoms with van der Waals surface area (Å²) in [6.07, 6.45) is 1.51. The molecule has 7 heteroatoms. The van der Waals surface area contributed by atoms with Crippen LogP contribution in [0.4, 0.5) is 0 Å². The van der Waals surface area contributed by atoms with E-state index in [0.717, 1.165) is 11.1 Å². The Labute approximate surface area is 146 Å². The van der Waals surface area contributed by atoms with E-state index in [-0.39, 0.29) is 11.4 Å². The van der Waals surface area contributed by atoms with Crippen molar-refractivity contribution in [1.82, 2.24) is 3.97 Å². The second kappa shape index (κ2) is 6.84. The van der Waals surface area contributed by atoms with E-state index >= 15 is 0 Å². The second-order valence-corrected chi connectivity index (χ2v) is 7.42. The van der Waals surface area contributed by atoms with Crippen molar-refractivity contribution in [3.63, 3.8) is 0 Å². The molecule has 0 aliphatic carbocycles. The fourth-order valence-corrected chi connectivity index (χ4v) is 3.94. The van der Waals surface area contributed by atoms with Crippen LogP contribution >= 0.6 is 0 Å². The van der Waals surface area contributed by atoms with Gasteiger partial charge in [-0.25, -0.2) is 12.4 Å². The molecular weight excluding hydrogens is 336 g/mol. The molecule has 0 amide bonds. The molecule has 6 nitrogen and oxygen atoms in total. The fraction of sp³-hybridized carbons (Fsp3) is 0.111. The molecule has 126 valence electrons. The first-order chi connectivity index (χ1) is 12.0. The number of aromatic nitrogens is 1. The Morgan fingerprint density at radius 1 is 1.08 bits per heavy atom. The molecule has 0 aliphatic heterocycles. The van der Waals surface area contributed by atoms with E-state index in [1.807, 2.05) is 37.3 Å². The summed E-state index contributed by atoms with van der Waals surface area (Å²) in [4.78, 5) is 2.95. The van der Waals surface area contributed by atoms with E-state index in [1.54, 1.807) is 30.3 Å². The number of nitrogens with zero attached hydrogens (tertiary/aromatic N) is 4. The maximum atomic E-state index is 13.1. The van der Waals surface area contributed by atoms with Crippen molar-refractivity contribution in [2.75, 3.05) is 0 Å². The summed E-state index contributed by atoms with van der Waals surface area (Å²) in [6.45, 7) is 1.99. The molecule has 0 bridgehead atoms. The Morgan fingerprint density at radius 3 is 2.40 bits per heavy atom. The van der Waals surface area contributed by atoms with Crippen molar-refractivity contribution in [2.24, 2.45) is 5.11 Å². The van der Waals surface area contributed by atoms with Gasteiger partial charge in [-0.15, -0.1) is 0 Å². The Balaban J connectivity index is 2.18. The van der Waals surface area contributed by atoms with Gasteiger partial charge in [0.25, 0.3) is 10.0 Å². The largest absolute Gasteiger partial charge is 0.268 e. The number of aryl methyl sites for hydroxylation is 1. The van der Waals surface area contributed by atoms with Crippen LogP contribution in [-0.2, 0) is 16.6 Å². The highest BCUT2D eigenvalue weighted by atomic mass is 32.2. The molecule has 0 fully saturated rings. The molecule has 0 atom stereocenters. The van der Waals surface area contributed by atoms with Gasteiger partial charge < -0.3 is 0 Å². The molecular formula is C18H16N4O2S. The van der Waals surface area contributed by atoms with Crippen molar-refractivity contribution in [3.05, 3.63) is 88.4 Å². The van der Waals surface area contributed by atoms with Crippen molar-refractivity contribution in [2.45, 2.75) is 18.4 Å². The van der Waals surface area contributed by atoms with Crippen molar-refractivity contribution >= 4 is 10.0 Å². The minimum atomic E-state index is -3.76. The lowest BCUT2D eigenvalue weighted by Crippen LogP contribution is -2.13. The highest BCUT2D eigenvalue weighted by Gasteiger charge is 2.21. The van der Waals surface area contributed by atoms with Gasteiger partial charge in [0.1, 0.15) is 0 Å². The van der Waals surface area contributed by atoms with Gasteiger partial charge in [-0.2, -0.15) is 0 Å². The van der Waals surface area contributed by atoms with Crippen molar-refractivity contribution in [1.29, 1.82) is 0 Å². The van der Waals surface area contributed by atoms with Crippen LogP contribution in [0.1, 0.15) is 11.1 Å². The Morgan fingerprint density at radius 2 is 1.76 bits per heavy atom. The zero-order valence-electron chi connectivity index (χ0n) is 13.6. The molecule has 2 aromatic carbocycles. The third kappa shape index (κ3) is 3.42. The van der Waals surface area contributed by atoms with E-state index in [1.165, 1.54) is 10.2 Å². The van der Waals surface area contributed by atoms with Gasteiger partial charge in [-0.3, -0.25) is 0 Å². The normalized spacial score (nSPS) is 11.1. The van der Waals surface area contributed by atoms with Crippen molar-refractivity contribution < 1.29 is 8.42 Å². The highest BCUT2D eigenvalue weighted by Crippen LogP contribution is 2.27. The van der Waals surface area contributed by atoms with Gasteiger partial charge in [-0.1, -0.05) is 53.1 Å². The Kier molecular flexibility index (Phi) is 4.61. The molecule has 1 heterocycles. The molecule has 0 radical (unpaired) electrons. The zero-order chi connectivity index (χ0) is 17.9. The molecule has 25 heavy (non-hydrogen) atoms. The van der Waals surface area contributed by atoms with Crippen molar-refractivity contribution in [3.8, 4) is 11.3 Å². The van der Waals surface area contributed by atoms with Crippen LogP contribution in [0.25, 0.3) is 21.7 Å². The minimum absolute atomic E-state index is 0.0900. The third-order valence-corrected chi connectivity index (χ3v) is 5.49. The molecule has 0 aliphatic rings. The SMILES string of the molecule is Cc1ccc(S(=O)(=O)n2cc(CN=[N+]=[N-])cc2-c2ccccc2)cc1. The number of hydrogen-bond donors (Lipinski definition) is 0. The van der Waals surface area contributed by atoms with Crippen LogP contribution in [-0.4, -0.2) is 12.4 Å². The minimum Gasteiger partial charge on any atom is -0.241 e. The van der Waals surface area contributed by atoms with Gasteiger partial charge in [0.05, 0.1) is 17.1 Å². The van der Waals surface area contributed by atoms with Crippen LogP contribution in [0, 0.1) is 6.92 Å². The van der Waals surface area contributed by atoms with Crippen LogP contribution in [0.2, 0.25) is 0 Å². The second-order valence-electron chi connectivity index (χ2n) is 5.60. The summed E-state index contributed by atoms with van der Waals surface area (Å²) < 4.78 is 27.4. The molecule has 0 spiro atoms. The number of azide groups is 1. The number of benzene rings is 2. The Bertz CT molecular complexity index is 1030. The first kappa shape index (κ1) is 16.8. The van der Waals surface area contributed by atoms with Gasteiger partial charge in [0.15, 0.2) is 0 Å². The summed E-state index contributed by atoms with van der Waals surface area (Å²) in [5, 5.41) is 3.53. The fourth-order valence-electron chi connectivity index (χ4n) is 2.54. The van der Waals surface area contributed by atoms with Crippen LogP contribution in [0.3, 0.4) is 0 Å². The van der Waals surface area contributed by atoms with E-state index in [0.29, 0.717) is 11.3 Å². The van der Waals surface area contributed by atoms with Gasteiger partial charge >= 0.3 is 0 Å². The maximum absolute atomic E-state index is 13.1. The van der Waals surface area contributed by atoms with E-state index in [9.17, 15) is 8.42 Å². The summed E-state index contributed by atoms with van der Waals surface area (Å²) in [7, 11) is -3.76. The van der Waals surface area contributed by atoms with Crippen LogP contribution in [0.15, 0.2) is 76.9 Å². The zero-order valence-corrected chi connectivity index (χ0v) is 14.4. The lowest BCUT2D eigenvalue weighted by atomic mass is 10.1. The first-order valence-corrected chi connectivity index (χ1v) is 9.06. The average molecular weight is 352 g/mol. The monoisotopic (exact) mass is 352 g/mol. The molecule has 0 saturated carbocycles. The molecule has 3 rings (SSSR count). The predicted molar refractivity (Wildman–Crippen MR) is 96.5 cm³/mol. The van der Waals surface area contributed by atoms with E-state index < -0.39 is 10.0 Å². The van der Waals surface area contributed by atoms with Gasteiger partial charge in [0.2, 0.25) is 0 Å². The summed E-state index contributed by atoms with van der Waals surface area (Å²) in [6, 6.07) is 17.7. The predicted octanol–water partition coefficient (Wildman–Crippen LogP) is 4.51. The van der Waals surface area contributed by atoms with Crippen LogP contribution < -0.4 is 0 Å². The maximum Gasteiger partial charge on any atom is 0.268 e. The summed E-state index contributed by atoms with van der Waals surface area (Å²) in [5.41, 5.74) is 11.4. The lowest BCUT2D eigenvalue weighted by molar-refractivity contribution is 0.588. The number of hydrogen-bond acceptors (Lipinski definition) is 3.